The van der Waals surface area contributed by atoms with Crippen LogP contribution in [0, 0.1) is 55.4 Å². The summed E-state index contributed by atoms with van der Waals surface area (Å²) >= 11 is 0. The normalized spacial score (nSPS) is 11.3. The molecule has 14 aromatic rings. The van der Waals surface area contributed by atoms with Crippen LogP contribution in [0.4, 0.5) is 0 Å². The summed E-state index contributed by atoms with van der Waals surface area (Å²) in [7, 11) is 0. The van der Waals surface area contributed by atoms with Gasteiger partial charge >= 0.3 is 0 Å². The van der Waals surface area contributed by atoms with Gasteiger partial charge in [-0.2, -0.15) is 0 Å². The van der Waals surface area contributed by atoms with Crippen molar-refractivity contribution < 1.29 is 8.83 Å². The second-order valence-corrected chi connectivity index (χ2v) is 19.6. The molecule has 0 saturated carbocycles. The molecule has 0 bridgehead atoms. The predicted octanol–water partition coefficient (Wildman–Crippen LogP) is 19.2. The summed E-state index contributed by atoms with van der Waals surface area (Å²) in [5, 5.41) is 10.1. The van der Waals surface area contributed by atoms with Crippen LogP contribution in [0.5, 0.6) is 0 Å². The SMILES string of the molecule is Cc1ccc2c(c1)c1cc(C)ccc1n2-c1ccccc1.Cc1ccc2c(c1)oc1cc(C)ccc12.Cc1ccc2c3ccc(C)cc3n(-c3ccccc3)c2c1.Cc1ccc2oc3ccc(C)cc3c2c1. The standard InChI is InChI=1S/2C20H17N.2C14H12O/c1-14-8-10-19-17(12-14)18-13-15(2)9-11-20(18)21(19)16-6-4-3-5-7-16;1-14-8-10-17-18-11-9-15(2)13-20(18)21(19(17)12-14)16-6-4-3-5-7-16;1-9-3-5-13-11(7-9)12-8-10(2)4-6-14(12)15-13;1-9-3-5-11-12-6-4-10(2)8-14(12)15-13(11)7-9/h2*3-13H,1-2H3;2*3-8H,1-2H3. The maximum Gasteiger partial charge on any atom is 0.135 e. The van der Waals surface area contributed by atoms with E-state index in [1.54, 1.807) is 0 Å². The number of hydrogen-bond acceptors (Lipinski definition) is 2. The second kappa shape index (κ2) is 19.0. The Labute approximate surface area is 421 Å². The highest BCUT2D eigenvalue weighted by Crippen LogP contribution is 2.36. The molecular weight excluding hydrogens is 877 g/mol. The van der Waals surface area contributed by atoms with Crippen LogP contribution in [0.2, 0.25) is 0 Å². The van der Waals surface area contributed by atoms with E-state index in [4.69, 9.17) is 8.83 Å². The zero-order valence-electron chi connectivity index (χ0n) is 42.3. The van der Waals surface area contributed by atoms with Gasteiger partial charge in [0.2, 0.25) is 0 Å². The lowest BCUT2D eigenvalue weighted by Crippen LogP contribution is -1.93. The maximum atomic E-state index is 5.81. The second-order valence-electron chi connectivity index (χ2n) is 19.6. The Balaban J connectivity index is 0.000000105. The first-order chi connectivity index (χ1) is 34.9. The fraction of sp³-hybridized carbons (Fsp3) is 0.118. The number of benzene rings is 10. The third kappa shape index (κ3) is 8.82. The average molecular weight is 935 g/mol. The third-order valence-electron chi connectivity index (χ3n) is 13.7. The van der Waals surface area contributed by atoms with Gasteiger partial charge in [-0.3, -0.25) is 0 Å². The van der Waals surface area contributed by atoms with Crippen molar-refractivity contribution in [2.75, 3.05) is 0 Å². The van der Waals surface area contributed by atoms with Crippen molar-refractivity contribution >= 4 is 87.5 Å². The molecule has 0 aliphatic rings. The Morgan fingerprint density at radius 1 is 0.222 bits per heavy atom. The monoisotopic (exact) mass is 934 g/mol. The average Bonchev–Trinajstić information content (AvgIpc) is 4.11. The Hall–Kier alpha value is -8.60. The van der Waals surface area contributed by atoms with E-state index >= 15 is 0 Å². The molecule has 0 fully saturated rings. The van der Waals surface area contributed by atoms with Crippen molar-refractivity contribution in [3.05, 3.63) is 251 Å². The minimum atomic E-state index is 0.973. The molecule has 72 heavy (non-hydrogen) atoms. The maximum absolute atomic E-state index is 5.81. The van der Waals surface area contributed by atoms with E-state index in [1.807, 2.05) is 12.1 Å². The fourth-order valence-electron chi connectivity index (χ4n) is 10.2. The first kappa shape index (κ1) is 45.8. The first-order valence-electron chi connectivity index (χ1n) is 24.9. The van der Waals surface area contributed by atoms with Crippen LogP contribution < -0.4 is 0 Å². The summed E-state index contributed by atoms with van der Waals surface area (Å²) in [4.78, 5) is 0. The Morgan fingerprint density at radius 3 is 0.944 bits per heavy atom. The van der Waals surface area contributed by atoms with Gasteiger partial charge in [0, 0.05) is 54.5 Å². The highest BCUT2D eigenvalue weighted by molar-refractivity contribution is 6.11. The van der Waals surface area contributed by atoms with Crippen LogP contribution >= 0.6 is 0 Å². The van der Waals surface area contributed by atoms with Crippen LogP contribution in [-0.4, -0.2) is 9.13 Å². The number of hydrogen-bond donors (Lipinski definition) is 0. The van der Waals surface area contributed by atoms with Gasteiger partial charge in [0.15, 0.2) is 0 Å². The van der Waals surface area contributed by atoms with Gasteiger partial charge in [-0.05, 0) is 175 Å². The minimum absolute atomic E-state index is 0.973. The Morgan fingerprint density at radius 2 is 0.528 bits per heavy atom. The highest BCUT2D eigenvalue weighted by Gasteiger charge is 2.14. The Kier molecular flexibility index (Phi) is 12.1. The van der Waals surface area contributed by atoms with Gasteiger partial charge in [-0.15, -0.1) is 0 Å². The van der Waals surface area contributed by atoms with E-state index in [1.165, 1.54) is 121 Å². The molecule has 4 heterocycles. The molecule has 0 N–H and O–H groups in total. The van der Waals surface area contributed by atoms with E-state index in [2.05, 4.69) is 259 Å². The third-order valence-corrected chi connectivity index (χ3v) is 13.7. The fourth-order valence-corrected chi connectivity index (χ4v) is 10.2. The van der Waals surface area contributed by atoms with Gasteiger partial charge < -0.3 is 18.0 Å². The zero-order valence-corrected chi connectivity index (χ0v) is 42.3. The summed E-state index contributed by atoms with van der Waals surface area (Å²) in [6.07, 6.45) is 0. The molecule has 0 aliphatic heterocycles. The van der Waals surface area contributed by atoms with Crippen molar-refractivity contribution in [3.63, 3.8) is 0 Å². The molecule has 0 spiro atoms. The molecule has 0 unspecified atom stereocenters. The van der Waals surface area contributed by atoms with Crippen molar-refractivity contribution in [2.45, 2.75) is 55.4 Å². The quantitative estimate of drug-likeness (QED) is 0.173. The molecule has 0 saturated heterocycles. The molecule has 4 nitrogen and oxygen atoms in total. The largest absolute Gasteiger partial charge is 0.456 e. The molecular formula is C68H58N2O2. The van der Waals surface area contributed by atoms with Crippen molar-refractivity contribution in [1.82, 2.24) is 9.13 Å². The summed E-state index contributed by atoms with van der Waals surface area (Å²) in [5.41, 5.74) is 21.6. The van der Waals surface area contributed by atoms with Crippen LogP contribution in [0.25, 0.3) is 98.9 Å². The predicted molar refractivity (Wildman–Crippen MR) is 307 cm³/mol. The zero-order chi connectivity index (χ0) is 49.6. The summed E-state index contributed by atoms with van der Waals surface area (Å²) in [5.74, 6) is 0. The van der Waals surface area contributed by atoms with Crippen molar-refractivity contribution in [2.24, 2.45) is 0 Å². The lowest BCUT2D eigenvalue weighted by molar-refractivity contribution is 0.668. The van der Waals surface area contributed by atoms with Crippen molar-refractivity contribution in [3.8, 4) is 11.4 Å². The van der Waals surface area contributed by atoms with Crippen LogP contribution in [0.15, 0.2) is 215 Å². The number of fused-ring (bicyclic) bond motifs is 12. The van der Waals surface area contributed by atoms with Gasteiger partial charge in [0.25, 0.3) is 0 Å². The number of aromatic nitrogens is 2. The van der Waals surface area contributed by atoms with Gasteiger partial charge in [-0.25, -0.2) is 0 Å². The minimum Gasteiger partial charge on any atom is -0.456 e. The summed E-state index contributed by atoms with van der Waals surface area (Å²) in [6, 6.07) is 73.3. The van der Waals surface area contributed by atoms with E-state index < -0.39 is 0 Å². The Bertz CT molecular complexity index is 4060. The molecule has 14 rings (SSSR count). The molecule has 352 valence electrons. The van der Waals surface area contributed by atoms with Gasteiger partial charge in [0.1, 0.15) is 22.3 Å². The van der Waals surface area contributed by atoms with E-state index in [-0.39, 0.29) is 0 Å². The van der Waals surface area contributed by atoms with E-state index in [9.17, 15) is 0 Å². The molecule has 0 amide bonds. The topological polar surface area (TPSA) is 36.1 Å². The van der Waals surface area contributed by atoms with Crippen LogP contribution in [0.1, 0.15) is 44.5 Å². The summed E-state index contributed by atoms with van der Waals surface area (Å²) < 4.78 is 16.3. The van der Waals surface area contributed by atoms with Crippen LogP contribution in [-0.2, 0) is 0 Å². The van der Waals surface area contributed by atoms with Gasteiger partial charge in [-0.1, -0.05) is 131 Å². The molecule has 0 atom stereocenters. The number of para-hydroxylation sites is 2. The first-order valence-corrected chi connectivity index (χ1v) is 24.9. The lowest BCUT2D eigenvalue weighted by atomic mass is 10.1. The van der Waals surface area contributed by atoms with Crippen molar-refractivity contribution in [1.29, 1.82) is 0 Å². The van der Waals surface area contributed by atoms with E-state index in [0.29, 0.717) is 0 Å². The number of rotatable bonds is 2. The lowest BCUT2D eigenvalue weighted by Gasteiger charge is -2.08. The summed E-state index contributed by atoms with van der Waals surface area (Å²) in [6.45, 7) is 17.0. The molecule has 4 aromatic heterocycles. The smallest absolute Gasteiger partial charge is 0.135 e. The highest BCUT2D eigenvalue weighted by atomic mass is 16.3. The number of nitrogens with zero attached hydrogens (tertiary/aromatic N) is 2. The molecule has 0 aliphatic carbocycles. The van der Waals surface area contributed by atoms with Crippen LogP contribution in [0.3, 0.4) is 0 Å². The van der Waals surface area contributed by atoms with Gasteiger partial charge in [0.05, 0.1) is 22.1 Å². The molecule has 0 radical (unpaired) electrons. The number of furan rings is 2. The molecule has 10 aromatic carbocycles. The number of aryl methyl sites for hydroxylation is 8. The van der Waals surface area contributed by atoms with E-state index in [0.717, 1.165) is 22.3 Å². The molecule has 4 heteroatoms.